The lowest BCUT2D eigenvalue weighted by Crippen LogP contribution is -2.39. The van der Waals surface area contributed by atoms with Crippen molar-refractivity contribution in [1.82, 2.24) is 4.98 Å². The van der Waals surface area contributed by atoms with E-state index in [1.165, 1.54) is 42.9 Å². The molecule has 0 N–H and O–H groups in total. The van der Waals surface area contributed by atoms with Gasteiger partial charge in [-0.25, -0.2) is 4.98 Å². The third kappa shape index (κ3) is 3.19. The Balaban J connectivity index is 2.04. The van der Waals surface area contributed by atoms with Crippen LogP contribution in [0, 0.1) is 0 Å². The number of alkyl halides is 1. The molecule has 0 unspecified atom stereocenters. The Labute approximate surface area is 139 Å². The van der Waals surface area contributed by atoms with E-state index in [4.69, 9.17) is 11.6 Å². The number of aromatic nitrogens is 1. The van der Waals surface area contributed by atoms with Crippen LogP contribution in [0.5, 0.6) is 0 Å². The van der Waals surface area contributed by atoms with Crippen molar-refractivity contribution in [3.8, 4) is 0 Å². The van der Waals surface area contributed by atoms with E-state index in [-0.39, 0.29) is 0 Å². The maximum Gasteiger partial charge on any atom is 0.136 e. The standard InChI is InChI=1S/C17H20BrClN2/c18-16-8-4-7-15-14(16)9-11-20-17(15)21(12-10-19)13-5-2-1-3-6-13/h4,7-9,11,13H,1-3,5-6,10,12H2. The lowest BCUT2D eigenvalue weighted by atomic mass is 9.94. The molecular weight excluding hydrogens is 348 g/mol. The summed E-state index contributed by atoms with van der Waals surface area (Å²) in [6.07, 6.45) is 8.41. The highest BCUT2D eigenvalue weighted by Gasteiger charge is 2.23. The van der Waals surface area contributed by atoms with E-state index in [0.717, 1.165) is 16.8 Å². The van der Waals surface area contributed by atoms with Gasteiger partial charge in [-0.1, -0.05) is 47.3 Å². The van der Waals surface area contributed by atoms with Crippen LogP contribution in [0.3, 0.4) is 0 Å². The number of halogens is 2. The van der Waals surface area contributed by atoms with Gasteiger partial charge in [0.15, 0.2) is 0 Å². The summed E-state index contributed by atoms with van der Waals surface area (Å²) in [5.74, 6) is 1.73. The molecule has 0 saturated heterocycles. The molecule has 2 aromatic rings. The summed E-state index contributed by atoms with van der Waals surface area (Å²) >= 11 is 9.71. The van der Waals surface area contributed by atoms with Crippen LogP contribution in [0.2, 0.25) is 0 Å². The fourth-order valence-corrected chi connectivity index (χ4v) is 4.01. The molecular formula is C17H20BrClN2. The maximum atomic E-state index is 6.07. The van der Waals surface area contributed by atoms with Crippen molar-refractivity contribution >= 4 is 44.1 Å². The zero-order valence-electron chi connectivity index (χ0n) is 12.1. The molecule has 0 amide bonds. The van der Waals surface area contributed by atoms with Gasteiger partial charge in [-0.15, -0.1) is 11.6 Å². The summed E-state index contributed by atoms with van der Waals surface area (Å²) in [5.41, 5.74) is 0. The fourth-order valence-electron chi connectivity index (χ4n) is 3.33. The molecule has 0 bridgehead atoms. The minimum atomic E-state index is 0.578. The molecule has 21 heavy (non-hydrogen) atoms. The number of benzene rings is 1. The average molecular weight is 368 g/mol. The molecule has 1 aromatic heterocycles. The Morgan fingerprint density at radius 3 is 2.71 bits per heavy atom. The molecule has 0 atom stereocenters. The molecule has 4 heteroatoms. The van der Waals surface area contributed by atoms with Crippen LogP contribution in [0.15, 0.2) is 34.9 Å². The van der Waals surface area contributed by atoms with E-state index in [9.17, 15) is 0 Å². The second kappa shape index (κ2) is 6.97. The summed E-state index contributed by atoms with van der Waals surface area (Å²) < 4.78 is 1.12. The van der Waals surface area contributed by atoms with Crippen LogP contribution in [0.4, 0.5) is 5.82 Å². The third-order valence-electron chi connectivity index (χ3n) is 4.34. The first-order chi connectivity index (χ1) is 10.3. The third-order valence-corrected chi connectivity index (χ3v) is 5.21. The molecule has 0 radical (unpaired) electrons. The molecule has 3 rings (SSSR count). The molecule has 0 aliphatic heterocycles. The van der Waals surface area contributed by atoms with E-state index in [1.807, 2.05) is 6.20 Å². The smallest absolute Gasteiger partial charge is 0.136 e. The second-order valence-corrected chi connectivity index (χ2v) is 6.88. The van der Waals surface area contributed by atoms with Crippen LogP contribution in [0.25, 0.3) is 10.8 Å². The molecule has 0 spiro atoms. The van der Waals surface area contributed by atoms with Crippen molar-refractivity contribution in [2.24, 2.45) is 0 Å². The molecule has 1 aliphatic rings. The Bertz CT molecular complexity index is 611. The highest BCUT2D eigenvalue weighted by Crippen LogP contribution is 2.33. The predicted molar refractivity (Wildman–Crippen MR) is 94.4 cm³/mol. The van der Waals surface area contributed by atoms with E-state index in [0.29, 0.717) is 11.9 Å². The number of pyridine rings is 1. The first-order valence-corrected chi connectivity index (χ1v) is 9.00. The molecule has 1 heterocycles. The number of nitrogens with zero attached hydrogens (tertiary/aromatic N) is 2. The number of hydrogen-bond acceptors (Lipinski definition) is 2. The van der Waals surface area contributed by atoms with Crippen LogP contribution in [-0.2, 0) is 0 Å². The van der Waals surface area contributed by atoms with Crippen LogP contribution < -0.4 is 4.90 Å². The SMILES string of the molecule is ClCCN(c1nccc2c(Br)cccc12)C1CCCCC1. The van der Waals surface area contributed by atoms with Gasteiger partial charge in [0.2, 0.25) is 0 Å². The lowest BCUT2D eigenvalue weighted by Gasteiger charge is -2.35. The summed E-state index contributed by atoms with van der Waals surface area (Å²) in [6, 6.07) is 8.97. The Morgan fingerprint density at radius 2 is 1.95 bits per heavy atom. The Morgan fingerprint density at radius 1 is 1.14 bits per heavy atom. The molecule has 112 valence electrons. The Kier molecular flexibility index (Phi) is 5.02. The van der Waals surface area contributed by atoms with Gasteiger partial charge in [-0.05, 0) is 25.0 Å². The van der Waals surface area contributed by atoms with E-state index in [2.05, 4.69) is 50.1 Å². The molecule has 1 aliphatic carbocycles. The van der Waals surface area contributed by atoms with Gasteiger partial charge in [-0.3, -0.25) is 0 Å². The monoisotopic (exact) mass is 366 g/mol. The highest BCUT2D eigenvalue weighted by molar-refractivity contribution is 9.10. The molecule has 1 saturated carbocycles. The number of anilines is 1. The average Bonchev–Trinajstić information content (AvgIpc) is 2.54. The van der Waals surface area contributed by atoms with Gasteiger partial charge in [0.1, 0.15) is 5.82 Å². The number of fused-ring (bicyclic) bond motifs is 1. The van der Waals surface area contributed by atoms with Crippen molar-refractivity contribution in [1.29, 1.82) is 0 Å². The van der Waals surface area contributed by atoms with Gasteiger partial charge in [-0.2, -0.15) is 0 Å². The van der Waals surface area contributed by atoms with E-state index >= 15 is 0 Å². The molecule has 1 aromatic carbocycles. The second-order valence-electron chi connectivity index (χ2n) is 5.64. The van der Waals surface area contributed by atoms with Gasteiger partial charge < -0.3 is 4.90 Å². The van der Waals surface area contributed by atoms with E-state index in [1.54, 1.807) is 0 Å². The van der Waals surface area contributed by atoms with Crippen LogP contribution in [-0.4, -0.2) is 23.5 Å². The van der Waals surface area contributed by atoms with Gasteiger partial charge >= 0.3 is 0 Å². The quantitative estimate of drug-likeness (QED) is 0.675. The first-order valence-electron chi connectivity index (χ1n) is 7.67. The van der Waals surface area contributed by atoms with Crippen molar-refractivity contribution in [3.63, 3.8) is 0 Å². The van der Waals surface area contributed by atoms with Crippen molar-refractivity contribution in [3.05, 3.63) is 34.9 Å². The minimum Gasteiger partial charge on any atom is -0.352 e. The van der Waals surface area contributed by atoms with Crippen LogP contribution >= 0.6 is 27.5 Å². The Hall–Kier alpha value is -0.800. The number of hydrogen-bond donors (Lipinski definition) is 0. The van der Waals surface area contributed by atoms with Gasteiger partial charge in [0.25, 0.3) is 0 Å². The zero-order valence-corrected chi connectivity index (χ0v) is 14.4. The normalized spacial score (nSPS) is 16.3. The largest absolute Gasteiger partial charge is 0.352 e. The topological polar surface area (TPSA) is 16.1 Å². The maximum absolute atomic E-state index is 6.07. The zero-order chi connectivity index (χ0) is 14.7. The molecule has 2 nitrogen and oxygen atoms in total. The van der Waals surface area contributed by atoms with Crippen molar-refractivity contribution < 1.29 is 0 Å². The fraction of sp³-hybridized carbons (Fsp3) is 0.471. The first kappa shape index (κ1) is 15.1. The van der Waals surface area contributed by atoms with Gasteiger partial charge in [0.05, 0.1) is 0 Å². The van der Waals surface area contributed by atoms with Crippen molar-refractivity contribution in [2.45, 2.75) is 38.1 Å². The summed E-state index contributed by atoms with van der Waals surface area (Å²) in [7, 11) is 0. The highest BCUT2D eigenvalue weighted by atomic mass is 79.9. The van der Waals surface area contributed by atoms with Gasteiger partial charge in [0, 0.05) is 39.9 Å². The summed E-state index contributed by atoms with van der Waals surface area (Å²) in [5, 5.41) is 2.43. The van der Waals surface area contributed by atoms with Crippen molar-refractivity contribution in [2.75, 3.05) is 17.3 Å². The van der Waals surface area contributed by atoms with Crippen LogP contribution in [0.1, 0.15) is 32.1 Å². The molecule has 1 fully saturated rings. The summed E-state index contributed by atoms with van der Waals surface area (Å²) in [4.78, 5) is 7.12. The lowest BCUT2D eigenvalue weighted by molar-refractivity contribution is 0.417. The minimum absolute atomic E-state index is 0.578. The predicted octanol–water partition coefficient (Wildman–Crippen LogP) is 5.38. The number of rotatable bonds is 4. The van der Waals surface area contributed by atoms with E-state index < -0.39 is 0 Å². The summed E-state index contributed by atoms with van der Waals surface area (Å²) in [6.45, 7) is 0.866.